The molecule has 0 amide bonds. The molecule has 0 unspecified atom stereocenters. The van der Waals surface area contributed by atoms with Crippen molar-refractivity contribution in [1.29, 1.82) is 0 Å². The number of fused-ring (bicyclic) bond motifs is 1. The van der Waals surface area contributed by atoms with Crippen molar-refractivity contribution >= 4 is 32.8 Å². The van der Waals surface area contributed by atoms with Crippen LogP contribution in [-0.2, 0) is 10.1 Å². The molecule has 2 aromatic carbocycles. The van der Waals surface area contributed by atoms with Gasteiger partial charge in [-0.1, -0.05) is 17.5 Å². The van der Waals surface area contributed by atoms with Crippen LogP contribution in [0.5, 0.6) is 0 Å². The molecule has 7 nitrogen and oxygen atoms in total. The average molecular weight is 318 g/mol. The van der Waals surface area contributed by atoms with Crippen LogP contribution in [0.1, 0.15) is 20.7 Å². The van der Waals surface area contributed by atoms with Crippen LogP contribution in [0.2, 0.25) is 0 Å². The van der Waals surface area contributed by atoms with E-state index in [0.717, 1.165) is 12.1 Å². The van der Waals surface area contributed by atoms with Gasteiger partial charge in [0.1, 0.15) is 0 Å². The van der Waals surface area contributed by atoms with Crippen molar-refractivity contribution in [3.05, 3.63) is 41.5 Å². The number of aromatic carboxylic acids is 2. The third-order valence-electron chi connectivity index (χ3n) is 2.62. The molecule has 0 aliphatic rings. The number of carbonyl (C=O) groups is 2. The van der Waals surface area contributed by atoms with Crippen LogP contribution in [0.4, 0.5) is 0 Å². The van der Waals surface area contributed by atoms with Crippen molar-refractivity contribution < 1.29 is 62.3 Å². The first-order valence-corrected chi connectivity index (χ1v) is 6.58. The van der Waals surface area contributed by atoms with E-state index < -0.39 is 32.5 Å². The minimum absolute atomic E-state index is 0. The van der Waals surface area contributed by atoms with E-state index in [9.17, 15) is 22.6 Å². The number of hydrogen-bond acceptors (Lipinski definition) is 4. The fourth-order valence-electron chi connectivity index (χ4n) is 1.79. The van der Waals surface area contributed by atoms with E-state index in [1.165, 1.54) is 12.1 Å². The standard InChI is InChI=1S/C12H7O7S.Na/c13-11(14)7-2-1-6-3-4-8(12(15)16)10(9(6)5-7)20(17,18)19;/h1-2,4-5H,(H,13,14)(H,15,16)(H,17,18,19);/q-1;+1. The Morgan fingerprint density at radius 3 is 2.19 bits per heavy atom. The largest absolute Gasteiger partial charge is 1.00 e. The molecule has 9 heteroatoms. The first-order chi connectivity index (χ1) is 9.21. The normalized spacial score (nSPS) is 10.9. The van der Waals surface area contributed by atoms with E-state index >= 15 is 0 Å². The minimum atomic E-state index is -4.84. The third kappa shape index (κ3) is 3.42. The molecule has 0 bridgehead atoms. The van der Waals surface area contributed by atoms with Crippen molar-refractivity contribution in [1.82, 2.24) is 0 Å². The Bertz CT molecular complexity index is 837. The fraction of sp³-hybridized carbons (Fsp3) is 0. The molecule has 0 fully saturated rings. The van der Waals surface area contributed by atoms with Crippen LogP contribution in [0.15, 0.2) is 29.2 Å². The molecule has 0 saturated carbocycles. The molecule has 104 valence electrons. The number of benzene rings is 2. The van der Waals surface area contributed by atoms with Gasteiger partial charge in [0, 0.05) is 10.5 Å². The molecule has 0 spiro atoms. The molecule has 0 aromatic heterocycles. The van der Waals surface area contributed by atoms with E-state index in [2.05, 4.69) is 6.07 Å². The molecule has 2 aromatic rings. The van der Waals surface area contributed by atoms with Crippen molar-refractivity contribution in [3.8, 4) is 0 Å². The Labute approximate surface area is 141 Å². The summed E-state index contributed by atoms with van der Waals surface area (Å²) in [5.74, 6) is -2.88. The smallest absolute Gasteiger partial charge is 0.485 e. The van der Waals surface area contributed by atoms with E-state index in [4.69, 9.17) is 10.2 Å². The Kier molecular flexibility index (Phi) is 5.13. The van der Waals surface area contributed by atoms with E-state index in [1.807, 2.05) is 0 Å². The molecule has 21 heavy (non-hydrogen) atoms. The minimum Gasteiger partial charge on any atom is -0.485 e. The topological polar surface area (TPSA) is 129 Å². The molecular formula is C12H7NaO7S. The maximum atomic E-state index is 11.4. The van der Waals surface area contributed by atoms with Crippen LogP contribution >= 0.6 is 0 Å². The number of carboxylic acids is 2. The second-order valence-corrected chi connectivity index (χ2v) is 5.24. The van der Waals surface area contributed by atoms with Crippen LogP contribution < -0.4 is 29.6 Å². The molecule has 0 radical (unpaired) electrons. The van der Waals surface area contributed by atoms with Crippen molar-refractivity contribution in [2.45, 2.75) is 4.90 Å². The van der Waals surface area contributed by atoms with Gasteiger partial charge in [-0.2, -0.15) is 8.42 Å². The van der Waals surface area contributed by atoms with Crippen molar-refractivity contribution in [3.63, 3.8) is 0 Å². The summed E-state index contributed by atoms with van der Waals surface area (Å²) in [4.78, 5) is 21.1. The molecule has 0 heterocycles. The maximum absolute atomic E-state index is 11.4. The first kappa shape index (κ1) is 17.6. The van der Waals surface area contributed by atoms with Gasteiger partial charge in [-0.05, 0) is 5.56 Å². The Morgan fingerprint density at radius 2 is 1.71 bits per heavy atom. The average Bonchev–Trinajstić information content (AvgIpc) is 2.35. The number of carboxylic acid groups (broad SMARTS) is 2. The van der Waals surface area contributed by atoms with Crippen molar-refractivity contribution in [2.75, 3.05) is 0 Å². The second-order valence-electron chi connectivity index (χ2n) is 3.88. The number of hydrogen-bond donors (Lipinski definition) is 3. The van der Waals surface area contributed by atoms with Gasteiger partial charge in [0.15, 0.2) is 0 Å². The third-order valence-corrected chi connectivity index (χ3v) is 3.57. The van der Waals surface area contributed by atoms with Crippen LogP contribution in [0.25, 0.3) is 10.8 Å². The maximum Gasteiger partial charge on any atom is 1.00 e. The molecule has 0 saturated heterocycles. The van der Waals surface area contributed by atoms with Crippen molar-refractivity contribution in [2.24, 2.45) is 0 Å². The summed E-state index contributed by atoms with van der Waals surface area (Å²) in [7, 11) is -4.84. The Hall–Kier alpha value is -1.45. The molecule has 2 rings (SSSR count). The van der Waals surface area contributed by atoms with E-state index in [1.54, 1.807) is 0 Å². The number of rotatable bonds is 3. The Balaban J connectivity index is 0.00000220. The van der Waals surface area contributed by atoms with Gasteiger partial charge < -0.3 is 10.2 Å². The Morgan fingerprint density at radius 1 is 1.10 bits per heavy atom. The van der Waals surface area contributed by atoms with Crippen LogP contribution in [0.3, 0.4) is 0 Å². The molecular weight excluding hydrogens is 311 g/mol. The van der Waals surface area contributed by atoms with Gasteiger partial charge in [-0.25, -0.2) is 4.79 Å². The summed E-state index contributed by atoms with van der Waals surface area (Å²) < 4.78 is 32.0. The fourth-order valence-corrected chi connectivity index (χ4v) is 2.66. The predicted molar refractivity (Wildman–Crippen MR) is 66.5 cm³/mol. The van der Waals surface area contributed by atoms with Gasteiger partial charge >= 0.3 is 35.5 Å². The summed E-state index contributed by atoms with van der Waals surface area (Å²) in [5, 5.41) is 17.8. The van der Waals surface area contributed by atoms with Gasteiger partial charge in [-0.15, -0.1) is 23.6 Å². The second kappa shape index (κ2) is 6.12. The molecule has 0 atom stereocenters. The van der Waals surface area contributed by atoms with Crippen LogP contribution in [0, 0.1) is 6.07 Å². The summed E-state index contributed by atoms with van der Waals surface area (Å²) in [6.45, 7) is 0. The summed E-state index contributed by atoms with van der Waals surface area (Å²) in [6, 6.07) is 6.91. The molecule has 3 N–H and O–H groups in total. The zero-order valence-corrected chi connectivity index (χ0v) is 13.5. The SMILES string of the molecule is O=C(O)c1ccc2[c-]cc(C(=O)O)c(S(=O)(=O)O)c2c1.[Na+]. The van der Waals surface area contributed by atoms with Crippen LogP contribution in [-0.4, -0.2) is 35.1 Å². The summed E-state index contributed by atoms with van der Waals surface area (Å²) in [5.41, 5.74) is -0.916. The van der Waals surface area contributed by atoms with Gasteiger partial charge in [0.2, 0.25) is 0 Å². The van der Waals surface area contributed by atoms with Gasteiger partial charge in [-0.3, -0.25) is 9.35 Å². The quantitative estimate of drug-likeness (QED) is 0.349. The monoisotopic (exact) mass is 318 g/mol. The predicted octanol–water partition coefficient (Wildman–Crippen LogP) is -1.71. The van der Waals surface area contributed by atoms with Gasteiger partial charge in [0.05, 0.1) is 0 Å². The molecule has 0 aliphatic carbocycles. The van der Waals surface area contributed by atoms with E-state index in [0.29, 0.717) is 0 Å². The van der Waals surface area contributed by atoms with E-state index in [-0.39, 0.29) is 45.9 Å². The summed E-state index contributed by atoms with van der Waals surface area (Å²) in [6.07, 6.45) is 0. The van der Waals surface area contributed by atoms with Gasteiger partial charge in [0.25, 0.3) is 16.1 Å². The summed E-state index contributed by atoms with van der Waals surface area (Å²) >= 11 is 0. The zero-order chi connectivity index (χ0) is 15.1. The zero-order valence-electron chi connectivity index (χ0n) is 10.7. The first-order valence-electron chi connectivity index (χ1n) is 5.14. The molecule has 0 aliphatic heterocycles.